The summed E-state index contributed by atoms with van der Waals surface area (Å²) in [4.78, 5) is 40.1. The van der Waals surface area contributed by atoms with Gasteiger partial charge in [-0.05, 0) is 68.7 Å². The molecule has 3 atom stereocenters. The summed E-state index contributed by atoms with van der Waals surface area (Å²) in [6.07, 6.45) is 5.38. The molecule has 190 valence electrons. The lowest BCUT2D eigenvalue weighted by atomic mass is 9.74. The Kier molecular flexibility index (Phi) is 6.65. The maximum absolute atomic E-state index is 12.7. The van der Waals surface area contributed by atoms with Crippen molar-refractivity contribution in [2.75, 3.05) is 11.4 Å². The molecule has 2 heterocycles. The maximum atomic E-state index is 12.7. The summed E-state index contributed by atoms with van der Waals surface area (Å²) in [5, 5.41) is 16.5. The van der Waals surface area contributed by atoms with Gasteiger partial charge in [0.2, 0.25) is 11.9 Å². The number of piperidine rings is 1. The van der Waals surface area contributed by atoms with E-state index in [2.05, 4.69) is 31.4 Å². The van der Waals surface area contributed by atoms with Gasteiger partial charge >= 0.3 is 0 Å². The number of hydrazone groups is 1. The number of aromatic nitrogens is 2. The van der Waals surface area contributed by atoms with Crippen LogP contribution in [-0.2, 0) is 9.59 Å². The van der Waals surface area contributed by atoms with Crippen molar-refractivity contribution in [3.63, 3.8) is 0 Å². The normalized spacial score (nSPS) is 25.4. The van der Waals surface area contributed by atoms with E-state index in [-0.39, 0.29) is 35.5 Å². The van der Waals surface area contributed by atoms with E-state index in [0.717, 1.165) is 23.2 Å². The summed E-state index contributed by atoms with van der Waals surface area (Å²) < 4.78 is 0. The largest absolute Gasteiger partial charge is 0.348 e. The number of halogens is 1. The molecule has 5 rings (SSSR count). The van der Waals surface area contributed by atoms with Crippen LogP contribution in [0, 0.1) is 30.1 Å². The van der Waals surface area contributed by atoms with Crippen LogP contribution in [0.5, 0.6) is 0 Å². The lowest BCUT2D eigenvalue weighted by Crippen LogP contribution is -2.46. The fourth-order valence-electron chi connectivity index (χ4n) is 5.10. The minimum atomic E-state index is -0.414. The highest BCUT2D eigenvalue weighted by Gasteiger charge is 2.53. The molecular weight excluding hydrogens is 492 g/mol. The zero-order valence-corrected chi connectivity index (χ0v) is 21.3. The number of carbonyl (C=O) groups excluding carboxylic acids is 2. The van der Waals surface area contributed by atoms with Gasteiger partial charge in [-0.2, -0.15) is 10.4 Å². The number of aliphatic imine (C=N–C) groups is 1. The van der Waals surface area contributed by atoms with Crippen LogP contribution in [0.3, 0.4) is 0 Å². The molecule has 11 heteroatoms. The van der Waals surface area contributed by atoms with Gasteiger partial charge in [-0.1, -0.05) is 11.6 Å². The number of nitrogens with zero attached hydrogens (tertiary/aromatic N) is 6. The van der Waals surface area contributed by atoms with Gasteiger partial charge < -0.3 is 11.2 Å². The van der Waals surface area contributed by atoms with Gasteiger partial charge in [0.1, 0.15) is 0 Å². The average molecular weight is 519 g/mol. The quantitative estimate of drug-likeness (QED) is 0.327. The predicted octanol–water partition coefficient (Wildman–Crippen LogP) is 2.80. The number of nitrogens with one attached hydrogen (secondary N) is 1. The number of benzene rings is 1. The van der Waals surface area contributed by atoms with Crippen LogP contribution < -0.4 is 16.1 Å². The topological polar surface area (TPSA) is 150 Å². The van der Waals surface area contributed by atoms with Crippen LogP contribution in [0.1, 0.15) is 60.5 Å². The highest BCUT2D eigenvalue weighted by molar-refractivity contribution is 6.60. The van der Waals surface area contributed by atoms with Gasteiger partial charge in [-0.25, -0.2) is 9.97 Å². The van der Waals surface area contributed by atoms with Crippen LogP contribution in [-0.4, -0.2) is 46.3 Å². The summed E-state index contributed by atoms with van der Waals surface area (Å²) in [6, 6.07) is 7.02. The van der Waals surface area contributed by atoms with E-state index in [1.165, 1.54) is 6.21 Å². The molecule has 2 aliphatic carbocycles. The SMILES string of the molecule is Cc1nc(N2C[C@H]3C[C@H]3C2=O)ncc1C(C)N=CC(=NN)C(=O)NC1CC(c2cc(Cl)ccc2C#N)C1. The van der Waals surface area contributed by atoms with Crippen LogP contribution >= 0.6 is 11.6 Å². The second-order valence-corrected chi connectivity index (χ2v) is 10.3. The van der Waals surface area contributed by atoms with Gasteiger partial charge in [-0.3, -0.25) is 19.5 Å². The van der Waals surface area contributed by atoms with Crippen molar-refractivity contribution < 1.29 is 9.59 Å². The Morgan fingerprint density at radius 1 is 1.38 bits per heavy atom. The summed E-state index contributed by atoms with van der Waals surface area (Å²) >= 11 is 6.10. The number of hydrogen-bond acceptors (Lipinski definition) is 8. The second kappa shape index (κ2) is 9.90. The molecule has 1 saturated heterocycles. The summed E-state index contributed by atoms with van der Waals surface area (Å²) in [7, 11) is 0. The summed E-state index contributed by atoms with van der Waals surface area (Å²) in [6.45, 7) is 4.39. The molecule has 1 aromatic carbocycles. The molecule has 3 fully saturated rings. The van der Waals surface area contributed by atoms with Crippen molar-refractivity contribution in [1.82, 2.24) is 15.3 Å². The van der Waals surface area contributed by atoms with E-state index >= 15 is 0 Å². The molecule has 2 saturated carbocycles. The van der Waals surface area contributed by atoms with Gasteiger partial charge in [0.05, 0.1) is 23.9 Å². The summed E-state index contributed by atoms with van der Waals surface area (Å²) in [5.74, 6) is 6.33. The van der Waals surface area contributed by atoms with Crippen molar-refractivity contribution in [3.05, 3.63) is 51.8 Å². The van der Waals surface area contributed by atoms with E-state index in [1.807, 2.05) is 19.9 Å². The highest BCUT2D eigenvalue weighted by atomic mass is 35.5. The molecule has 0 spiro atoms. The van der Waals surface area contributed by atoms with Gasteiger partial charge in [0.25, 0.3) is 5.91 Å². The summed E-state index contributed by atoms with van der Waals surface area (Å²) in [5.41, 5.74) is 3.01. The molecule has 2 aromatic rings. The number of fused-ring (bicyclic) bond motifs is 1. The molecule has 0 radical (unpaired) electrons. The first-order valence-corrected chi connectivity index (χ1v) is 12.6. The number of amides is 2. The first kappa shape index (κ1) is 24.8. The molecular formula is C26H27ClN8O2. The Labute approximate surface area is 219 Å². The number of carbonyl (C=O) groups is 2. The molecule has 37 heavy (non-hydrogen) atoms. The third kappa shape index (κ3) is 4.91. The van der Waals surface area contributed by atoms with E-state index < -0.39 is 5.91 Å². The van der Waals surface area contributed by atoms with Gasteiger partial charge in [0.15, 0.2) is 5.71 Å². The van der Waals surface area contributed by atoms with Gasteiger partial charge in [0, 0.05) is 41.0 Å². The standard InChI is InChI=1S/C26H27ClN8O2/c1-13(22-10-31-26(32-14(22)2)35-12-17-7-21(17)25(35)37)30-11-23(34-29)24(36)33-19-5-16(6-19)20-8-18(27)4-3-15(20)9-28/h3-4,8,10-11,13,16-17,19,21H,5-7,12,29H2,1-2H3,(H,33,36)/t13?,16?,17-,19?,21-/m1/s1. The van der Waals surface area contributed by atoms with Gasteiger partial charge in [-0.15, -0.1) is 0 Å². The van der Waals surface area contributed by atoms with Crippen LogP contribution in [0.25, 0.3) is 0 Å². The van der Waals surface area contributed by atoms with E-state index in [1.54, 1.807) is 23.2 Å². The molecule has 1 unspecified atom stereocenters. The van der Waals surface area contributed by atoms with Crippen molar-refractivity contribution >= 4 is 41.3 Å². The average Bonchev–Trinajstić information content (AvgIpc) is 3.56. The number of nitrogens with two attached hydrogens (primary N) is 1. The molecule has 1 aromatic heterocycles. The smallest absolute Gasteiger partial charge is 0.273 e. The molecule has 1 aliphatic heterocycles. The lowest BCUT2D eigenvalue weighted by molar-refractivity contribution is -0.119. The Morgan fingerprint density at radius 2 is 2.16 bits per heavy atom. The Hall–Kier alpha value is -3.84. The minimum Gasteiger partial charge on any atom is -0.348 e. The second-order valence-electron chi connectivity index (χ2n) is 9.91. The Morgan fingerprint density at radius 3 is 2.81 bits per heavy atom. The minimum absolute atomic E-state index is 0.00727. The fourth-order valence-corrected chi connectivity index (χ4v) is 5.28. The van der Waals surface area contributed by atoms with Crippen molar-refractivity contribution in [2.24, 2.45) is 27.8 Å². The number of hydrogen-bond donors (Lipinski definition) is 2. The van der Waals surface area contributed by atoms with Crippen LogP contribution in [0.4, 0.5) is 5.95 Å². The third-order valence-electron chi connectivity index (χ3n) is 7.46. The lowest BCUT2D eigenvalue weighted by Gasteiger charge is -2.36. The molecule has 0 bridgehead atoms. The van der Waals surface area contributed by atoms with Crippen molar-refractivity contribution in [1.29, 1.82) is 5.26 Å². The zero-order valence-electron chi connectivity index (χ0n) is 20.6. The molecule has 3 N–H and O–H groups in total. The van der Waals surface area contributed by atoms with E-state index in [9.17, 15) is 14.9 Å². The third-order valence-corrected chi connectivity index (χ3v) is 7.69. The number of nitriles is 1. The molecule has 3 aliphatic rings. The fraction of sp³-hybridized carbons (Fsp3) is 0.423. The Balaban J connectivity index is 1.17. The van der Waals surface area contributed by atoms with Crippen molar-refractivity contribution in [3.8, 4) is 6.07 Å². The number of rotatable bonds is 7. The van der Waals surface area contributed by atoms with E-state index in [0.29, 0.717) is 41.8 Å². The number of aryl methyl sites for hydroxylation is 1. The van der Waals surface area contributed by atoms with Crippen molar-refractivity contribution in [2.45, 2.75) is 51.1 Å². The van der Waals surface area contributed by atoms with E-state index in [4.69, 9.17) is 17.4 Å². The van der Waals surface area contributed by atoms with Crippen LogP contribution in [0.2, 0.25) is 5.02 Å². The molecule has 10 nitrogen and oxygen atoms in total. The maximum Gasteiger partial charge on any atom is 0.273 e. The number of anilines is 1. The first-order chi connectivity index (χ1) is 17.8. The van der Waals surface area contributed by atoms with Crippen LogP contribution in [0.15, 0.2) is 34.5 Å². The highest BCUT2D eigenvalue weighted by Crippen LogP contribution is 2.46. The monoisotopic (exact) mass is 518 g/mol. The Bertz CT molecular complexity index is 1360. The zero-order chi connectivity index (χ0) is 26.3. The predicted molar refractivity (Wildman–Crippen MR) is 139 cm³/mol. The molecule has 2 amide bonds. The first-order valence-electron chi connectivity index (χ1n) is 12.3.